The standard InChI is InChI=1S/C18H18N4O/c1-13(2)12-22-16-8-4-3-7-15(16)21-17(22)11-20-18(23)14-6-5-9-19-10-14/h3-10H,1,11-12H2,2H3,(H,20,23). The number of imidazole rings is 1. The van der Waals surface area contributed by atoms with Crippen LogP contribution in [-0.2, 0) is 13.1 Å². The fourth-order valence-electron chi connectivity index (χ4n) is 2.47. The second kappa shape index (κ2) is 6.44. The topological polar surface area (TPSA) is 59.8 Å². The summed E-state index contributed by atoms with van der Waals surface area (Å²) >= 11 is 0. The van der Waals surface area contributed by atoms with E-state index in [2.05, 4.69) is 26.4 Å². The fraction of sp³-hybridized carbons (Fsp3) is 0.167. The summed E-state index contributed by atoms with van der Waals surface area (Å²) in [4.78, 5) is 20.7. The summed E-state index contributed by atoms with van der Waals surface area (Å²) in [6.07, 6.45) is 3.19. The van der Waals surface area contributed by atoms with Crippen LogP contribution in [0.1, 0.15) is 23.1 Å². The molecule has 1 N–H and O–H groups in total. The number of allylic oxidation sites excluding steroid dienone is 1. The van der Waals surface area contributed by atoms with Gasteiger partial charge in [0.25, 0.3) is 5.91 Å². The number of rotatable bonds is 5. The second-order valence-electron chi connectivity index (χ2n) is 5.48. The van der Waals surface area contributed by atoms with Gasteiger partial charge >= 0.3 is 0 Å². The molecule has 0 atom stereocenters. The average molecular weight is 306 g/mol. The van der Waals surface area contributed by atoms with Crippen LogP contribution < -0.4 is 5.32 Å². The number of carbonyl (C=O) groups is 1. The Morgan fingerprint density at radius 2 is 2.09 bits per heavy atom. The van der Waals surface area contributed by atoms with Gasteiger partial charge in [-0.3, -0.25) is 9.78 Å². The van der Waals surface area contributed by atoms with E-state index in [-0.39, 0.29) is 5.91 Å². The molecule has 0 fully saturated rings. The van der Waals surface area contributed by atoms with Gasteiger partial charge in [-0.05, 0) is 31.2 Å². The number of nitrogens with zero attached hydrogens (tertiary/aromatic N) is 3. The molecule has 1 amide bonds. The van der Waals surface area contributed by atoms with Crippen LogP contribution in [0.2, 0.25) is 0 Å². The lowest BCUT2D eigenvalue weighted by Gasteiger charge is -2.10. The van der Waals surface area contributed by atoms with Crippen molar-refractivity contribution in [3.8, 4) is 0 Å². The highest BCUT2D eigenvalue weighted by Crippen LogP contribution is 2.17. The summed E-state index contributed by atoms with van der Waals surface area (Å²) < 4.78 is 2.08. The second-order valence-corrected chi connectivity index (χ2v) is 5.48. The third-order valence-electron chi connectivity index (χ3n) is 3.49. The predicted molar refractivity (Wildman–Crippen MR) is 90.0 cm³/mol. The van der Waals surface area contributed by atoms with E-state index in [4.69, 9.17) is 0 Å². The lowest BCUT2D eigenvalue weighted by molar-refractivity contribution is 0.0949. The molecule has 0 radical (unpaired) electrons. The first-order valence-electron chi connectivity index (χ1n) is 7.42. The predicted octanol–water partition coefficient (Wildman–Crippen LogP) is 2.94. The number of hydrogen-bond acceptors (Lipinski definition) is 3. The van der Waals surface area contributed by atoms with Crippen molar-refractivity contribution in [1.82, 2.24) is 19.9 Å². The number of hydrogen-bond donors (Lipinski definition) is 1. The minimum absolute atomic E-state index is 0.160. The SMILES string of the molecule is C=C(C)Cn1c(CNC(=O)c2cccnc2)nc2ccccc21. The molecule has 5 nitrogen and oxygen atoms in total. The Kier molecular flexibility index (Phi) is 4.19. The monoisotopic (exact) mass is 306 g/mol. The molecule has 3 rings (SSSR count). The van der Waals surface area contributed by atoms with Gasteiger partial charge < -0.3 is 9.88 Å². The number of nitrogens with one attached hydrogen (secondary N) is 1. The van der Waals surface area contributed by atoms with Crippen LogP contribution in [0, 0.1) is 0 Å². The summed E-state index contributed by atoms with van der Waals surface area (Å²) in [6, 6.07) is 11.4. The van der Waals surface area contributed by atoms with Crippen LogP contribution in [0.4, 0.5) is 0 Å². The van der Waals surface area contributed by atoms with E-state index in [0.717, 1.165) is 22.4 Å². The molecular weight excluding hydrogens is 288 g/mol. The molecule has 116 valence electrons. The van der Waals surface area contributed by atoms with E-state index in [1.54, 1.807) is 24.5 Å². The smallest absolute Gasteiger partial charge is 0.253 e. The molecular formula is C18H18N4O. The highest BCUT2D eigenvalue weighted by molar-refractivity contribution is 5.93. The number of amides is 1. The van der Waals surface area contributed by atoms with Gasteiger partial charge in [-0.1, -0.05) is 24.3 Å². The molecule has 0 bridgehead atoms. The van der Waals surface area contributed by atoms with Crippen LogP contribution in [0.15, 0.2) is 60.9 Å². The van der Waals surface area contributed by atoms with Crippen molar-refractivity contribution in [2.24, 2.45) is 0 Å². The highest BCUT2D eigenvalue weighted by Gasteiger charge is 2.12. The van der Waals surface area contributed by atoms with E-state index in [0.29, 0.717) is 18.7 Å². The molecule has 0 saturated carbocycles. The maximum Gasteiger partial charge on any atom is 0.253 e. The Bertz CT molecular complexity index is 852. The molecule has 2 aromatic heterocycles. The van der Waals surface area contributed by atoms with Gasteiger partial charge in [-0.2, -0.15) is 0 Å². The van der Waals surface area contributed by atoms with Gasteiger partial charge in [0.05, 0.1) is 23.1 Å². The molecule has 3 aromatic rings. The minimum Gasteiger partial charge on any atom is -0.345 e. The van der Waals surface area contributed by atoms with E-state index in [1.165, 1.54) is 0 Å². The molecule has 0 aliphatic rings. The minimum atomic E-state index is -0.160. The quantitative estimate of drug-likeness (QED) is 0.737. The molecule has 23 heavy (non-hydrogen) atoms. The van der Waals surface area contributed by atoms with Crippen LogP contribution in [0.5, 0.6) is 0 Å². The molecule has 1 aromatic carbocycles. The Labute approximate surface area is 134 Å². The van der Waals surface area contributed by atoms with Gasteiger partial charge in [0.15, 0.2) is 0 Å². The van der Waals surface area contributed by atoms with Gasteiger partial charge in [-0.25, -0.2) is 4.98 Å². The lowest BCUT2D eigenvalue weighted by Crippen LogP contribution is -2.25. The van der Waals surface area contributed by atoms with Crippen LogP contribution in [0.25, 0.3) is 11.0 Å². The summed E-state index contributed by atoms with van der Waals surface area (Å²) in [5.74, 6) is 0.651. The number of fused-ring (bicyclic) bond motifs is 1. The molecule has 0 saturated heterocycles. The molecule has 5 heteroatoms. The van der Waals surface area contributed by atoms with Crippen molar-refractivity contribution in [2.45, 2.75) is 20.0 Å². The summed E-state index contributed by atoms with van der Waals surface area (Å²) in [6.45, 7) is 6.99. The maximum absolute atomic E-state index is 12.2. The van der Waals surface area contributed by atoms with Gasteiger partial charge in [0.1, 0.15) is 5.82 Å². The van der Waals surface area contributed by atoms with Crippen molar-refractivity contribution in [3.05, 3.63) is 72.3 Å². The first-order valence-corrected chi connectivity index (χ1v) is 7.42. The summed E-state index contributed by atoms with van der Waals surface area (Å²) in [5, 5.41) is 2.90. The van der Waals surface area contributed by atoms with Crippen molar-refractivity contribution >= 4 is 16.9 Å². The zero-order valence-corrected chi connectivity index (χ0v) is 13.0. The number of benzene rings is 1. The fourth-order valence-corrected chi connectivity index (χ4v) is 2.47. The molecule has 2 heterocycles. The van der Waals surface area contributed by atoms with Crippen molar-refractivity contribution in [1.29, 1.82) is 0 Å². The van der Waals surface area contributed by atoms with Gasteiger partial charge in [-0.15, -0.1) is 0 Å². The van der Waals surface area contributed by atoms with Gasteiger partial charge in [0.2, 0.25) is 0 Å². The Balaban J connectivity index is 1.84. The van der Waals surface area contributed by atoms with Crippen LogP contribution in [-0.4, -0.2) is 20.4 Å². The maximum atomic E-state index is 12.2. The van der Waals surface area contributed by atoms with Crippen molar-refractivity contribution in [3.63, 3.8) is 0 Å². The Morgan fingerprint density at radius 3 is 2.83 bits per heavy atom. The largest absolute Gasteiger partial charge is 0.345 e. The number of pyridine rings is 1. The van der Waals surface area contributed by atoms with Crippen LogP contribution >= 0.6 is 0 Å². The Hall–Kier alpha value is -2.95. The van der Waals surface area contributed by atoms with Crippen molar-refractivity contribution in [2.75, 3.05) is 0 Å². The molecule has 0 aliphatic heterocycles. The molecule has 0 unspecified atom stereocenters. The molecule has 0 spiro atoms. The third kappa shape index (κ3) is 3.29. The van der Waals surface area contributed by atoms with E-state index in [9.17, 15) is 4.79 Å². The van der Waals surface area contributed by atoms with E-state index < -0.39 is 0 Å². The number of carbonyl (C=O) groups excluding carboxylic acids is 1. The zero-order valence-electron chi connectivity index (χ0n) is 13.0. The normalized spacial score (nSPS) is 10.7. The van der Waals surface area contributed by atoms with Gasteiger partial charge in [0, 0.05) is 18.9 Å². The number of para-hydroxylation sites is 2. The first-order chi connectivity index (χ1) is 11.1. The zero-order chi connectivity index (χ0) is 16.2. The molecule has 0 aliphatic carbocycles. The summed E-state index contributed by atoms with van der Waals surface area (Å²) in [7, 11) is 0. The number of aromatic nitrogens is 3. The third-order valence-corrected chi connectivity index (χ3v) is 3.49. The average Bonchev–Trinajstić information content (AvgIpc) is 2.91. The summed E-state index contributed by atoms with van der Waals surface area (Å²) in [5.41, 5.74) is 3.53. The Morgan fingerprint density at radius 1 is 1.26 bits per heavy atom. The van der Waals surface area contributed by atoms with E-state index >= 15 is 0 Å². The lowest BCUT2D eigenvalue weighted by atomic mass is 10.2. The van der Waals surface area contributed by atoms with Crippen molar-refractivity contribution < 1.29 is 4.79 Å². The highest BCUT2D eigenvalue weighted by atomic mass is 16.1. The first kappa shape index (κ1) is 15.0. The van der Waals surface area contributed by atoms with Crippen LogP contribution in [0.3, 0.4) is 0 Å². The van der Waals surface area contributed by atoms with E-state index in [1.807, 2.05) is 31.2 Å².